The fourth-order valence-corrected chi connectivity index (χ4v) is 4.94. The summed E-state index contributed by atoms with van der Waals surface area (Å²) in [5.74, 6) is -0.286. The molecule has 0 saturated carbocycles. The number of hydrogen-bond donors (Lipinski definition) is 2. The highest BCUT2D eigenvalue weighted by Gasteiger charge is 2.28. The van der Waals surface area contributed by atoms with Gasteiger partial charge in [0, 0.05) is 16.8 Å². The molecule has 0 heterocycles. The quantitative estimate of drug-likeness (QED) is 0.692. The molecule has 2 aromatic rings. The third kappa shape index (κ3) is 6.60. The number of nitrogens with one attached hydrogen (secondary N) is 2. The monoisotopic (exact) mass is 416 g/mol. The zero-order valence-electron chi connectivity index (χ0n) is 18.4. The van der Waals surface area contributed by atoms with Crippen molar-refractivity contribution in [3.8, 4) is 0 Å². The van der Waals surface area contributed by atoms with E-state index >= 15 is 0 Å². The molecule has 5 nitrogen and oxygen atoms in total. The Kier molecular flexibility index (Phi) is 6.48. The lowest BCUT2D eigenvalue weighted by Crippen LogP contribution is -2.45. The van der Waals surface area contributed by atoms with Crippen LogP contribution in [-0.2, 0) is 10.0 Å². The molecule has 6 heteroatoms. The van der Waals surface area contributed by atoms with Crippen LogP contribution in [0.25, 0.3) is 0 Å². The zero-order chi connectivity index (χ0) is 22.0. The summed E-state index contributed by atoms with van der Waals surface area (Å²) in [6.45, 7) is 14.0. The first kappa shape index (κ1) is 22.9. The summed E-state index contributed by atoms with van der Waals surface area (Å²) in [5, 5.41) is 3.03. The van der Waals surface area contributed by atoms with Crippen LogP contribution in [0.1, 0.15) is 62.5 Å². The maximum absolute atomic E-state index is 12.9. The first-order valence-corrected chi connectivity index (χ1v) is 11.2. The fourth-order valence-electron chi connectivity index (χ4n) is 3.61. The molecule has 0 saturated heterocycles. The lowest BCUT2D eigenvalue weighted by atomic mass is 9.81. The molecule has 0 bridgehead atoms. The first-order chi connectivity index (χ1) is 13.2. The van der Waals surface area contributed by atoms with Crippen LogP contribution in [0.5, 0.6) is 0 Å². The van der Waals surface area contributed by atoms with Gasteiger partial charge in [-0.2, -0.15) is 0 Å². The molecule has 0 aliphatic heterocycles. The van der Waals surface area contributed by atoms with Crippen molar-refractivity contribution in [2.45, 2.75) is 65.3 Å². The Balaban J connectivity index is 2.28. The topological polar surface area (TPSA) is 75.3 Å². The van der Waals surface area contributed by atoms with Crippen molar-refractivity contribution in [1.29, 1.82) is 0 Å². The smallest absolute Gasteiger partial charge is 0.262 e. The average molecular weight is 417 g/mol. The van der Waals surface area contributed by atoms with Gasteiger partial charge in [0.05, 0.1) is 4.90 Å². The maximum Gasteiger partial charge on any atom is 0.262 e. The van der Waals surface area contributed by atoms with Crippen LogP contribution < -0.4 is 10.0 Å². The van der Waals surface area contributed by atoms with Crippen LogP contribution >= 0.6 is 0 Å². The Morgan fingerprint density at radius 1 is 0.931 bits per heavy atom. The van der Waals surface area contributed by atoms with Gasteiger partial charge in [0.25, 0.3) is 15.9 Å². The zero-order valence-corrected chi connectivity index (χ0v) is 19.2. The van der Waals surface area contributed by atoms with Crippen molar-refractivity contribution in [1.82, 2.24) is 5.32 Å². The third-order valence-electron chi connectivity index (χ3n) is 4.47. The van der Waals surface area contributed by atoms with Crippen molar-refractivity contribution >= 4 is 21.6 Å². The highest BCUT2D eigenvalue weighted by Crippen LogP contribution is 2.27. The molecule has 0 aromatic heterocycles. The summed E-state index contributed by atoms with van der Waals surface area (Å²) in [7, 11) is -3.82. The number of benzene rings is 2. The predicted octanol–water partition coefficient (Wildman–Crippen LogP) is 5.05. The Morgan fingerprint density at radius 3 is 2.07 bits per heavy atom. The first-order valence-electron chi connectivity index (χ1n) is 9.71. The van der Waals surface area contributed by atoms with E-state index in [-0.39, 0.29) is 16.2 Å². The van der Waals surface area contributed by atoms with Crippen LogP contribution in [0.3, 0.4) is 0 Å². The summed E-state index contributed by atoms with van der Waals surface area (Å²) >= 11 is 0. The van der Waals surface area contributed by atoms with Crippen molar-refractivity contribution in [3.05, 3.63) is 59.2 Å². The van der Waals surface area contributed by atoms with Gasteiger partial charge >= 0.3 is 0 Å². The average Bonchev–Trinajstić information content (AvgIpc) is 2.54. The van der Waals surface area contributed by atoms with E-state index in [1.54, 1.807) is 31.2 Å². The Bertz CT molecular complexity index is 986. The van der Waals surface area contributed by atoms with Crippen molar-refractivity contribution in [2.75, 3.05) is 4.72 Å². The second-order valence-electron chi connectivity index (χ2n) is 9.53. The minimum atomic E-state index is -3.82. The van der Waals surface area contributed by atoms with E-state index in [2.05, 4.69) is 30.8 Å². The molecule has 2 rings (SSSR count). The molecule has 29 heavy (non-hydrogen) atoms. The summed E-state index contributed by atoms with van der Waals surface area (Å²) in [6.07, 6.45) is 0.789. The molecule has 0 radical (unpaired) electrons. The van der Waals surface area contributed by atoms with Gasteiger partial charge in [-0.05, 0) is 69.4 Å². The summed E-state index contributed by atoms with van der Waals surface area (Å²) in [5.41, 5.74) is 2.06. The molecule has 0 spiro atoms. The van der Waals surface area contributed by atoms with Crippen LogP contribution in [0.15, 0.2) is 47.4 Å². The van der Waals surface area contributed by atoms with Crippen molar-refractivity contribution in [3.63, 3.8) is 0 Å². The SMILES string of the molecule is Cc1ccc(NS(=O)(=O)c2cc(C(=O)NC(C)(C)CC(C)(C)C)ccc2C)cc1. The van der Waals surface area contributed by atoms with E-state index in [4.69, 9.17) is 0 Å². The number of sulfonamides is 1. The minimum Gasteiger partial charge on any atom is -0.347 e. The van der Waals surface area contributed by atoms with Gasteiger partial charge in [-0.15, -0.1) is 0 Å². The molecule has 2 aromatic carbocycles. The third-order valence-corrected chi connectivity index (χ3v) is 5.99. The molecular weight excluding hydrogens is 384 g/mol. The Morgan fingerprint density at radius 2 is 1.52 bits per heavy atom. The molecule has 0 unspecified atom stereocenters. The number of carbonyl (C=O) groups is 1. The maximum atomic E-state index is 12.9. The molecule has 0 aliphatic carbocycles. The number of hydrogen-bond acceptors (Lipinski definition) is 3. The second-order valence-corrected chi connectivity index (χ2v) is 11.2. The number of rotatable bonds is 6. The standard InChI is InChI=1S/C23H32N2O3S/c1-16-8-12-19(13-9-16)25-29(27,28)20-14-18(11-10-17(20)2)21(26)24-23(6,7)15-22(3,4)5/h8-14,25H,15H2,1-7H3,(H,24,26). The van der Waals surface area contributed by atoms with Gasteiger partial charge in [-0.1, -0.05) is 44.5 Å². The van der Waals surface area contributed by atoms with Gasteiger partial charge in [-0.3, -0.25) is 9.52 Å². The molecule has 2 N–H and O–H groups in total. The van der Waals surface area contributed by atoms with Gasteiger partial charge in [0.15, 0.2) is 0 Å². The number of carbonyl (C=O) groups excluding carboxylic acids is 1. The summed E-state index contributed by atoms with van der Waals surface area (Å²) < 4.78 is 28.4. The van der Waals surface area contributed by atoms with E-state index < -0.39 is 15.6 Å². The second kappa shape index (κ2) is 8.19. The Labute approximate surface area is 175 Å². The van der Waals surface area contributed by atoms with Crippen LogP contribution in [0, 0.1) is 19.3 Å². The van der Waals surface area contributed by atoms with Gasteiger partial charge in [0.2, 0.25) is 0 Å². The van der Waals surface area contributed by atoms with E-state index in [0.717, 1.165) is 12.0 Å². The van der Waals surface area contributed by atoms with Crippen molar-refractivity contribution < 1.29 is 13.2 Å². The summed E-state index contributed by atoms with van der Waals surface area (Å²) in [6, 6.07) is 11.9. The highest BCUT2D eigenvalue weighted by atomic mass is 32.2. The molecule has 1 amide bonds. The van der Waals surface area contributed by atoms with Crippen LogP contribution in [-0.4, -0.2) is 19.9 Å². The van der Waals surface area contributed by atoms with Crippen LogP contribution in [0.2, 0.25) is 0 Å². The number of anilines is 1. The van der Waals surface area contributed by atoms with E-state index in [1.165, 1.54) is 6.07 Å². The van der Waals surface area contributed by atoms with Crippen molar-refractivity contribution in [2.24, 2.45) is 5.41 Å². The van der Waals surface area contributed by atoms with E-state index in [0.29, 0.717) is 16.8 Å². The Hall–Kier alpha value is -2.34. The lowest BCUT2D eigenvalue weighted by Gasteiger charge is -2.33. The molecule has 0 atom stereocenters. The normalized spacial score (nSPS) is 12.5. The van der Waals surface area contributed by atoms with Gasteiger partial charge in [0.1, 0.15) is 0 Å². The van der Waals surface area contributed by atoms with Gasteiger partial charge in [-0.25, -0.2) is 8.42 Å². The number of amides is 1. The van der Waals surface area contributed by atoms with E-state index in [9.17, 15) is 13.2 Å². The molecule has 158 valence electrons. The highest BCUT2D eigenvalue weighted by molar-refractivity contribution is 7.92. The minimum absolute atomic E-state index is 0.0521. The number of aryl methyl sites for hydroxylation is 2. The molecule has 0 fully saturated rings. The lowest BCUT2D eigenvalue weighted by molar-refractivity contribution is 0.0891. The molecular formula is C23H32N2O3S. The summed E-state index contributed by atoms with van der Waals surface area (Å²) in [4.78, 5) is 12.9. The van der Waals surface area contributed by atoms with Gasteiger partial charge < -0.3 is 5.32 Å². The largest absolute Gasteiger partial charge is 0.347 e. The predicted molar refractivity (Wildman–Crippen MR) is 119 cm³/mol. The van der Waals surface area contributed by atoms with Crippen LogP contribution in [0.4, 0.5) is 5.69 Å². The fraction of sp³-hybridized carbons (Fsp3) is 0.435. The molecule has 0 aliphatic rings. The van der Waals surface area contributed by atoms with E-state index in [1.807, 2.05) is 32.9 Å².